The minimum atomic E-state index is -0.460. The fourth-order valence-corrected chi connectivity index (χ4v) is 2.40. The zero-order valence-electron chi connectivity index (χ0n) is 13.2. The number of rotatable bonds is 2. The summed E-state index contributed by atoms with van der Waals surface area (Å²) < 4.78 is 5.45. The summed E-state index contributed by atoms with van der Waals surface area (Å²) in [7, 11) is 1.97. The molecule has 0 spiro atoms. The number of aromatic nitrogens is 2. The maximum atomic E-state index is 12.2. The Morgan fingerprint density at radius 2 is 2.05 bits per heavy atom. The van der Waals surface area contributed by atoms with Crippen LogP contribution in [0, 0.1) is 0 Å². The number of ether oxygens (including phenoxy) is 1. The first-order chi connectivity index (χ1) is 9.87. The quantitative estimate of drug-likeness (QED) is 0.837. The smallest absolute Gasteiger partial charge is 0.410 e. The number of carbonyl (C=O) groups excluding carboxylic acids is 1. The monoisotopic (exact) mass is 292 g/mol. The fourth-order valence-electron chi connectivity index (χ4n) is 2.40. The molecule has 1 aromatic rings. The lowest BCUT2D eigenvalue weighted by Gasteiger charge is -2.38. The lowest BCUT2D eigenvalue weighted by atomic mass is 10.1. The van der Waals surface area contributed by atoms with Crippen molar-refractivity contribution in [3.63, 3.8) is 0 Å². The molecule has 2 rings (SSSR count). The van der Waals surface area contributed by atoms with Gasteiger partial charge in [-0.3, -0.25) is 0 Å². The number of amides is 1. The van der Waals surface area contributed by atoms with Crippen LogP contribution in [0.5, 0.6) is 0 Å². The van der Waals surface area contributed by atoms with Crippen LogP contribution in [-0.2, 0) is 4.74 Å². The molecule has 0 saturated carbocycles. The second-order valence-electron chi connectivity index (χ2n) is 6.38. The van der Waals surface area contributed by atoms with Crippen molar-refractivity contribution in [1.29, 1.82) is 0 Å². The van der Waals surface area contributed by atoms with Crippen molar-refractivity contribution in [3.05, 3.63) is 18.5 Å². The van der Waals surface area contributed by atoms with Crippen LogP contribution in [0.2, 0.25) is 0 Å². The molecular formula is C15H24N4O2. The molecule has 1 amide bonds. The molecule has 1 aliphatic rings. The Labute approximate surface area is 126 Å². The van der Waals surface area contributed by atoms with Crippen LogP contribution >= 0.6 is 0 Å². The number of nitrogens with zero attached hydrogens (tertiary/aromatic N) is 4. The number of carbonyl (C=O) groups is 1. The molecule has 1 atom stereocenters. The van der Waals surface area contributed by atoms with Crippen molar-refractivity contribution in [2.24, 2.45) is 0 Å². The van der Waals surface area contributed by atoms with E-state index in [1.54, 1.807) is 23.4 Å². The van der Waals surface area contributed by atoms with E-state index in [0.29, 0.717) is 12.5 Å². The third kappa shape index (κ3) is 4.31. The second-order valence-corrected chi connectivity index (χ2v) is 6.38. The molecule has 0 aliphatic carbocycles. The third-order valence-electron chi connectivity index (χ3n) is 3.46. The van der Waals surface area contributed by atoms with Gasteiger partial charge in [-0.15, -0.1) is 0 Å². The van der Waals surface area contributed by atoms with E-state index in [-0.39, 0.29) is 12.1 Å². The fraction of sp³-hybridized carbons (Fsp3) is 0.667. The number of hydrogen-bond acceptors (Lipinski definition) is 5. The maximum absolute atomic E-state index is 12.2. The maximum Gasteiger partial charge on any atom is 0.410 e. The van der Waals surface area contributed by atoms with E-state index in [2.05, 4.69) is 9.97 Å². The van der Waals surface area contributed by atoms with Gasteiger partial charge in [0, 0.05) is 38.6 Å². The van der Waals surface area contributed by atoms with Crippen molar-refractivity contribution in [1.82, 2.24) is 14.9 Å². The van der Waals surface area contributed by atoms with Crippen LogP contribution in [0.4, 0.5) is 10.7 Å². The summed E-state index contributed by atoms with van der Waals surface area (Å²) in [4.78, 5) is 24.5. The van der Waals surface area contributed by atoms with Gasteiger partial charge in [-0.1, -0.05) is 0 Å². The highest BCUT2D eigenvalue weighted by atomic mass is 16.6. The first-order valence-corrected chi connectivity index (χ1v) is 7.34. The largest absolute Gasteiger partial charge is 0.444 e. The minimum absolute atomic E-state index is 0.216. The molecule has 0 aromatic carbocycles. The standard InChI is InChI=1S/C15H24N4O2/c1-15(2,3)21-14(20)19-10-5-7-12(11-19)18(4)13-16-8-6-9-17-13/h6,8-9,12H,5,7,10-11H2,1-4H3/t12-/m0/s1. The molecule has 0 unspecified atom stereocenters. The average Bonchev–Trinajstić information content (AvgIpc) is 2.46. The summed E-state index contributed by atoms with van der Waals surface area (Å²) >= 11 is 0. The number of piperidine rings is 1. The Morgan fingerprint density at radius 1 is 1.38 bits per heavy atom. The van der Waals surface area contributed by atoms with E-state index in [4.69, 9.17) is 4.74 Å². The van der Waals surface area contributed by atoms with Gasteiger partial charge in [-0.25, -0.2) is 14.8 Å². The van der Waals surface area contributed by atoms with Gasteiger partial charge in [0.15, 0.2) is 0 Å². The van der Waals surface area contributed by atoms with Crippen molar-refractivity contribution in [2.75, 3.05) is 25.0 Å². The number of anilines is 1. The van der Waals surface area contributed by atoms with Crippen molar-refractivity contribution in [2.45, 2.75) is 45.3 Å². The molecule has 0 radical (unpaired) electrons. The molecule has 1 fully saturated rings. The van der Waals surface area contributed by atoms with E-state index in [1.807, 2.05) is 32.7 Å². The number of likely N-dealkylation sites (N-methyl/N-ethyl adjacent to an activating group) is 1. The topological polar surface area (TPSA) is 58.6 Å². The molecule has 0 bridgehead atoms. The molecule has 6 heteroatoms. The van der Waals surface area contributed by atoms with Gasteiger partial charge in [0.1, 0.15) is 5.60 Å². The van der Waals surface area contributed by atoms with E-state index in [9.17, 15) is 4.79 Å². The molecule has 1 aromatic heterocycles. The van der Waals surface area contributed by atoms with Gasteiger partial charge < -0.3 is 14.5 Å². The van der Waals surface area contributed by atoms with Gasteiger partial charge in [0.25, 0.3) is 0 Å². The number of likely N-dealkylation sites (tertiary alicyclic amines) is 1. The first kappa shape index (κ1) is 15.5. The van der Waals surface area contributed by atoms with Crippen LogP contribution in [0.15, 0.2) is 18.5 Å². The first-order valence-electron chi connectivity index (χ1n) is 7.34. The highest BCUT2D eigenvalue weighted by Crippen LogP contribution is 2.20. The predicted molar refractivity (Wildman–Crippen MR) is 81.3 cm³/mol. The average molecular weight is 292 g/mol. The van der Waals surface area contributed by atoms with E-state index >= 15 is 0 Å². The summed E-state index contributed by atoms with van der Waals surface area (Å²) in [6, 6.07) is 2.01. The highest BCUT2D eigenvalue weighted by molar-refractivity contribution is 5.68. The number of hydrogen-bond donors (Lipinski definition) is 0. The van der Waals surface area contributed by atoms with Crippen molar-refractivity contribution >= 4 is 12.0 Å². The van der Waals surface area contributed by atoms with E-state index < -0.39 is 5.60 Å². The van der Waals surface area contributed by atoms with Crippen LogP contribution in [0.25, 0.3) is 0 Å². The predicted octanol–water partition coefficient (Wildman–Crippen LogP) is 2.31. The van der Waals surface area contributed by atoms with Gasteiger partial charge in [-0.2, -0.15) is 0 Å². The lowest BCUT2D eigenvalue weighted by molar-refractivity contribution is 0.0199. The summed E-state index contributed by atoms with van der Waals surface area (Å²) in [6.07, 6.45) is 5.20. The summed E-state index contributed by atoms with van der Waals surface area (Å²) in [5.74, 6) is 0.688. The zero-order valence-corrected chi connectivity index (χ0v) is 13.2. The Bertz CT molecular complexity index is 472. The molecule has 0 N–H and O–H groups in total. The summed E-state index contributed by atoms with van der Waals surface area (Å²) in [5, 5.41) is 0. The van der Waals surface area contributed by atoms with Crippen LogP contribution in [-0.4, -0.2) is 52.7 Å². The van der Waals surface area contributed by atoms with E-state index in [0.717, 1.165) is 19.4 Å². The Hall–Kier alpha value is -1.85. The van der Waals surface area contributed by atoms with Crippen LogP contribution < -0.4 is 4.90 Å². The van der Waals surface area contributed by atoms with Gasteiger partial charge in [-0.05, 0) is 39.7 Å². The zero-order chi connectivity index (χ0) is 15.5. The lowest BCUT2D eigenvalue weighted by Crippen LogP contribution is -2.50. The van der Waals surface area contributed by atoms with Crippen molar-refractivity contribution < 1.29 is 9.53 Å². The van der Waals surface area contributed by atoms with Crippen LogP contribution in [0.1, 0.15) is 33.6 Å². The highest BCUT2D eigenvalue weighted by Gasteiger charge is 2.30. The van der Waals surface area contributed by atoms with E-state index in [1.165, 1.54) is 0 Å². The van der Waals surface area contributed by atoms with Gasteiger partial charge in [0.05, 0.1) is 0 Å². The Morgan fingerprint density at radius 3 is 2.67 bits per heavy atom. The second kappa shape index (κ2) is 6.28. The minimum Gasteiger partial charge on any atom is -0.444 e. The van der Waals surface area contributed by atoms with Crippen molar-refractivity contribution in [3.8, 4) is 0 Å². The molecule has 1 saturated heterocycles. The normalized spacial score (nSPS) is 19.2. The molecule has 2 heterocycles. The Kier molecular flexibility index (Phi) is 4.65. The molecule has 1 aliphatic heterocycles. The van der Waals surface area contributed by atoms with Gasteiger partial charge >= 0.3 is 6.09 Å². The summed E-state index contributed by atoms with van der Waals surface area (Å²) in [5.41, 5.74) is -0.460. The molecule has 116 valence electrons. The summed E-state index contributed by atoms with van der Waals surface area (Å²) in [6.45, 7) is 7.04. The molecular weight excluding hydrogens is 268 g/mol. The Balaban J connectivity index is 1.99. The van der Waals surface area contributed by atoms with Crippen LogP contribution in [0.3, 0.4) is 0 Å². The molecule has 21 heavy (non-hydrogen) atoms. The SMILES string of the molecule is CN(c1ncccn1)[C@H]1CCCN(C(=O)OC(C)(C)C)C1. The van der Waals surface area contributed by atoms with Gasteiger partial charge in [0.2, 0.25) is 5.95 Å². The molecule has 6 nitrogen and oxygen atoms in total. The third-order valence-corrected chi connectivity index (χ3v) is 3.46.